The van der Waals surface area contributed by atoms with Gasteiger partial charge in [-0.2, -0.15) is 0 Å². The lowest BCUT2D eigenvalue weighted by Gasteiger charge is -2.23. The molecule has 5 nitrogen and oxygen atoms in total. The lowest BCUT2D eigenvalue weighted by atomic mass is 9.86. The van der Waals surface area contributed by atoms with Crippen molar-refractivity contribution in [2.45, 2.75) is 32.6 Å². The number of halogens is 1. The third-order valence-electron chi connectivity index (χ3n) is 3.98. The van der Waals surface area contributed by atoms with Crippen LogP contribution in [0.3, 0.4) is 0 Å². The smallest absolute Gasteiger partial charge is 0.394 e. The molecule has 0 aromatic heterocycles. The monoisotopic (exact) mass is 323 g/mol. The number of amides is 1. The predicted molar refractivity (Wildman–Crippen MR) is 82.9 cm³/mol. The number of hydrogen-bond donors (Lipinski definition) is 1. The number of carboxylic acids is 1. The highest BCUT2D eigenvalue weighted by Gasteiger charge is 2.30. The summed E-state index contributed by atoms with van der Waals surface area (Å²) in [6.45, 7) is 7.12. The Labute approximate surface area is 135 Å². The van der Waals surface area contributed by atoms with E-state index in [-0.39, 0.29) is 17.2 Å². The second-order valence-electron chi connectivity index (χ2n) is 6.91. The molecule has 1 aliphatic heterocycles. The molecular weight excluding hydrogens is 301 g/mol. The normalized spacial score (nSPS) is 18.1. The van der Waals surface area contributed by atoms with Crippen molar-refractivity contribution in [3.8, 4) is 5.75 Å². The summed E-state index contributed by atoms with van der Waals surface area (Å²) < 4.78 is 19.3. The lowest BCUT2D eigenvalue weighted by Crippen LogP contribution is -2.35. The third-order valence-corrected chi connectivity index (χ3v) is 3.98. The fourth-order valence-corrected chi connectivity index (χ4v) is 2.71. The van der Waals surface area contributed by atoms with Gasteiger partial charge in [0.25, 0.3) is 0 Å². The zero-order chi connectivity index (χ0) is 17.2. The summed E-state index contributed by atoms with van der Waals surface area (Å²) in [4.78, 5) is 23.5. The Bertz CT molecular complexity index is 609. The van der Waals surface area contributed by atoms with Crippen molar-refractivity contribution >= 4 is 11.9 Å². The molecule has 1 aliphatic rings. The first-order valence-corrected chi connectivity index (χ1v) is 7.63. The van der Waals surface area contributed by atoms with Crippen LogP contribution in [0.15, 0.2) is 18.2 Å². The highest BCUT2D eigenvalue weighted by molar-refractivity contribution is 6.31. The number of carboxylic acid groups (broad SMARTS) is 1. The van der Waals surface area contributed by atoms with Crippen LogP contribution < -0.4 is 4.74 Å². The van der Waals surface area contributed by atoms with Gasteiger partial charge in [0.2, 0.25) is 0 Å². The van der Waals surface area contributed by atoms with Crippen LogP contribution in [0.1, 0.15) is 32.8 Å². The molecule has 0 bridgehead atoms. The van der Waals surface area contributed by atoms with Gasteiger partial charge >= 0.3 is 11.9 Å². The quantitative estimate of drug-likeness (QED) is 0.868. The molecule has 126 valence electrons. The number of carbonyl (C=O) groups is 2. The van der Waals surface area contributed by atoms with Crippen LogP contribution in [0.5, 0.6) is 5.75 Å². The van der Waals surface area contributed by atoms with Crippen molar-refractivity contribution in [1.82, 2.24) is 4.90 Å². The fourth-order valence-electron chi connectivity index (χ4n) is 2.71. The minimum absolute atomic E-state index is 0.0798. The Kier molecular flexibility index (Phi) is 4.92. The minimum atomic E-state index is -1.43. The second kappa shape index (κ2) is 6.56. The van der Waals surface area contributed by atoms with E-state index in [2.05, 4.69) is 0 Å². The molecule has 1 N–H and O–H groups in total. The number of benzene rings is 1. The zero-order valence-corrected chi connectivity index (χ0v) is 13.6. The molecule has 0 saturated carbocycles. The molecule has 2 rings (SSSR count). The zero-order valence-electron chi connectivity index (χ0n) is 13.6. The number of ether oxygens (including phenoxy) is 1. The van der Waals surface area contributed by atoms with Crippen molar-refractivity contribution < 1.29 is 23.8 Å². The number of rotatable bonds is 3. The molecule has 1 amide bonds. The lowest BCUT2D eigenvalue weighted by molar-refractivity contribution is -0.155. The average molecular weight is 323 g/mol. The molecule has 1 fully saturated rings. The Morgan fingerprint density at radius 2 is 2.09 bits per heavy atom. The number of carbonyl (C=O) groups excluding carboxylic acids is 1. The van der Waals surface area contributed by atoms with Crippen LogP contribution in [0.4, 0.5) is 4.39 Å². The molecule has 1 atom stereocenters. The van der Waals surface area contributed by atoms with Crippen LogP contribution in [0.2, 0.25) is 0 Å². The topological polar surface area (TPSA) is 66.8 Å². The fraction of sp³-hybridized carbons (Fsp3) is 0.529. The van der Waals surface area contributed by atoms with Crippen molar-refractivity contribution in [3.63, 3.8) is 0 Å². The maximum atomic E-state index is 13.5. The van der Waals surface area contributed by atoms with Crippen LogP contribution in [-0.2, 0) is 15.0 Å². The van der Waals surface area contributed by atoms with Crippen molar-refractivity contribution in [1.29, 1.82) is 0 Å². The van der Waals surface area contributed by atoms with E-state index < -0.39 is 11.9 Å². The van der Waals surface area contributed by atoms with Gasteiger partial charge in [0.05, 0.1) is 6.61 Å². The molecule has 1 aromatic carbocycles. The summed E-state index contributed by atoms with van der Waals surface area (Å²) in [5.41, 5.74) is 0.535. The molecule has 23 heavy (non-hydrogen) atoms. The molecule has 1 unspecified atom stereocenters. The van der Waals surface area contributed by atoms with E-state index in [1.165, 1.54) is 17.0 Å². The molecule has 1 heterocycles. The number of likely N-dealkylation sites (tertiary alicyclic amines) is 1. The molecule has 1 aromatic rings. The molecular formula is C17H22FNO4. The van der Waals surface area contributed by atoms with E-state index in [0.29, 0.717) is 31.9 Å². The van der Waals surface area contributed by atoms with Gasteiger partial charge in [-0.15, -0.1) is 0 Å². The molecule has 1 saturated heterocycles. The summed E-state index contributed by atoms with van der Waals surface area (Å²) in [7, 11) is 0. The standard InChI is InChI=1S/C17H22FNO4/c1-17(2,3)13-8-12(18)4-5-14(13)23-10-11-6-7-19(9-11)15(20)16(21)22/h4-5,8,11H,6-7,9-10H2,1-3H3,(H,21,22). The van der Waals surface area contributed by atoms with Gasteiger partial charge in [-0.05, 0) is 30.0 Å². The molecule has 0 radical (unpaired) electrons. The number of nitrogens with zero attached hydrogens (tertiary/aromatic N) is 1. The summed E-state index contributed by atoms with van der Waals surface area (Å²) in [5.74, 6) is -1.90. The van der Waals surface area contributed by atoms with E-state index in [0.717, 1.165) is 5.56 Å². The Balaban J connectivity index is 2.00. The second-order valence-corrected chi connectivity index (χ2v) is 6.91. The van der Waals surface area contributed by atoms with Crippen molar-refractivity contribution in [3.05, 3.63) is 29.6 Å². The van der Waals surface area contributed by atoms with E-state index >= 15 is 0 Å². The van der Waals surface area contributed by atoms with E-state index in [1.54, 1.807) is 6.07 Å². The van der Waals surface area contributed by atoms with E-state index in [1.807, 2.05) is 20.8 Å². The third kappa shape index (κ3) is 4.21. The van der Waals surface area contributed by atoms with E-state index in [4.69, 9.17) is 9.84 Å². The predicted octanol–water partition coefficient (Wildman–Crippen LogP) is 2.44. The van der Waals surface area contributed by atoms with Gasteiger partial charge < -0.3 is 14.7 Å². The van der Waals surface area contributed by atoms with Gasteiger partial charge in [-0.1, -0.05) is 20.8 Å². The summed E-state index contributed by atoms with van der Waals surface area (Å²) in [6, 6.07) is 4.45. The van der Waals surface area contributed by atoms with Gasteiger partial charge in [0.15, 0.2) is 0 Å². The van der Waals surface area contributed by atoms with Gasteiger partial charge in [0.1, 0.15) is 11.6 Å². The van der Waals surface area contributed by atoms with Crippen LogP contribution in [0, 0.1) is 11.7 Å². The average Bonchev–Trinajstić information content (AvgIpc) is 2.92. The Morgan fingerprint density at radius 1 is 1.39 bits per heavy atom. The molecule has 0 spiro atoms. The maximum Gasteiger partial charge on any atom is 0.394 e. The number of aliphatic carboxylic acids is 1. The highest BCUT2D eigenvalue weighted by atomic mass is 19.1. The number of hydrogen-bond acceptors (Lipinski definition) is 3. The minimum Gasteiger partial charge on any atom is -0.493 e. The maximum absolute atomic E-state index is 13.5. The largest absolute Gasteiger partial charge is 0.493 e. The van der Waals surface area contributed by atoms with Crippen molar-refractivity contribution in [2.75, 3.05) is 19.7 Å². The van der Waals surface area contributed by atoms with Crippen LogP contribution in [0.25, 0.3) is 0 Å². The summed E-state index contributed by atoms with van der Waals surface area (Å²) >= 11 is 0. The highest BCUT2D eigenvalue weighted by Crippen LogP contribution is 2.32. The SMILES string of the molecule is CC(C)(C)c1cc(F)ccc1OCC1CCN(C(=O)C(=O)O)C1. The summed E-state index contributed by atoms with van der Waals surface area (Å²) in [6.07, 6.45) is 0.699. The van der Waals surface area contributed by atoms with Crippen LogP contribution >= 0.6 is 0 Å². The summed E-state index contributed by atoms with van der Waals surface area (Å²) in [5, 5.41) is 8.73. The molecule has 6 heteroatoms. The first kappa shape index (κ1) is 17.2. The van der Waals surface area contributed by atoms with Crippen LogP contribution in [-0.4, -0.2) is 41.6 Å². The van der Waals surface area contributed by atoms with Gasteiger partial charge in [-0.3, -0.25) is 4.79 Å². The molecule has 0 aliphatic carbocycles. The first-order chi connectivity index (χ1) is 10.7. The van der Waals surface area contributed by atoms with Crippen molar-refractivity contribution in [2.24, 2.45) is 5.92 Å². The van der Waals surface area contributed by atoms with Gasteiger partial charge in [0, 0.05) is 24.6 Å². The Morgan fingerprint density at radius 3 is 2.70 bits per heavy atom. The first-order valence-electron chi connectivity index (χ1n) is 7.63. The Hall–Kier alpha value is -2.11. The van der Waals surface area contributed by atoms with E-state index in [9.17, 15) is 14.0 Å². The van der Waals surface area contributed by atoms with Gasteiger partial charge in [-0.25, -0.2) is 9.18 Å².